The maximum atomic E-state index is 10.5. The van der Waals surface area contributed by atoms with Gasteiger partial charge in [-0.1, -0.05) is 31.2 Å². The summed E-state index contributed by atoms with van der Waals surface area (Å²) in [5.74, 6) is 0.134. The van der Waals surface area contributed by atoms with Crippen molar-refractivity contribution < 1.29 is 36.1 Å². The Hall–Kier alpha value is -1.24. The van der Waals surface area contributed by atoms with Crippen LogP contribution < -0.4 is 5.11 Å². The number of rotatable bonds is 0. The van der Waals surface area contributed by atoms with Crippen LogP contribution in [0.3, 0.4) is 0 Å². The Labute approximate surface area is 99.0 Å². The minimum absolute atomic E-state index is 0. The summed E-state index contributed by atoms with van der Waals surface area (Å²) in [5.41, 5.74) is 0.796. The van der Waals surface area contributed by atoms with Crippen LogP contribution in [0.2, 0.25) is 0 Å². The van der Waals surface area contributed by atoms with Crippen molar-refractivity contribution in [3.05, 3.63) is 55.6 Å². The fraction of sp³-hybridized carbons (Fsp3) is 0.100. The van der Waals surface area contributed by atoms with E-state index in [0.29, 0.717) is 0 Å². The topological polar surface area (TPSA) is 82.8 Å². The molecule has 4 nitrogen and oxygen atoms in total. The molecule has 0 amide bonds. The van der Waals surface area contributed by atoms with Gasteiger partial charge in [-0.25, -0.2) is 0 Å². The zero-order chi connectivity index (χ0) is 12.0. The summed E-state index contributed by atoms with van der Waals surface area (Å²) in [6.07, 6.45) is 7.33. The molecule has 0 heterocycles. The minimum Gasteiger partial charge on any atom is 0 e. The van der Waals surface area contributed by atoms with Gasteiger partial charge in [0.2, 0.25) is 0 Å². The third kappa shape index (κ3) is 15.5. The molecular formula is C10H7MnO4-. The predicted molar refractivity (Wildman–Crippen MR) is 42.8 cm³/mol. The normalized spacial score (nSPS) is 8.60. The van der Waals surface area contributed by atoms with Crippen molar-refractivity contribution in [2.45, 2.75) is 6.92 Å². The Bertz CT molecular complexity index is 249. The van der Waals surface area contributed by atoms with Gasteiger partial charge >= 0.3 is 33.9 Å². The van der Waals surface area contributed by atoms with E-state index in [1.54, 1.807) is 6.92 Å². The molecule has 0 fully saturated rings. The molecular weight excluding hydrogens is 239 g/mol. The van der Waals surface area contributed by atoms with Gasteiger partial charge in [0.1, 0.15) is 0 Å². The van der Waals surface area contributed by atoms with Crippen molar-refractivity contribution in [2.75, 3.05) is 0 Å². The maximum Gasteiger partial charge on any atom is 0 e. The predicted octanol–water partition coefficient (Wildman–Crippen LogP) is 0.632. The van der Waals surface area contributed by atoms with Crippen molar-refractivity contribution in [3.8, 4) is 0 Å². The summed E-state index contributed by atoms with van der Waals surface area (Å²) in [6, 6.07) is 0. The van der Waals surface area contributed by atoms with Crippen LogP contribution in [0.4, 0.5) is 0 Å². The summed E-state index contributed by atoms with van der Waals surface area (Å²) in [4.78, 5) is 0. The van der Waals surface area contributed by atoms with Crippen LogP contribution in [0.1, 0.15) is 6.92 Å². The molecule has 1 radical (unpaired) electrons. The molecule has 0 saturated heterocycles. The van der Waals surface area contributed by atoms with Crippen molar-refractivity contribution in [3.63, 3.8) is 0 Å². The molecule has 0 unspecified atom stereocenters. The molecule has 15 heavy (non-hydrogen) atoms. The van der Waals surface area contributed by atoms with Gasteiger partial charge in [-0.2, -0.15) is 0 Å². The van der Waals surface area contributed by atoms with E-state index >= 15 is 0 Å². The minimum atomic E-state index is 0. The summed E-state index contributed by atoms with van der Waals surface area (Å²) in [6.45, 7) is 15.1. The maximum absolute atomic E-state index is 10.5. The molecule has 5 heteroatoms. The van der Waals surface area contributed by atoms with Gasteiger partial charge in [-0.05, 0) is 5.57 Å². The second-order valence-electron chi connectivity index (χ2n) is 1.73. The van der Waals surface area contributed by atoms with Crippen LogP contribution in [0.15, 0.2) is 35.6 Å². The standard InChI is InChI=1S/C7H8O.3CO.Mn/c1-6(8)7-4-2-3-5-7;3*1-2;/h2-5,8H,1H3;;;;/p-1. The molecule has 0 aromatic rings. The summed E-state index contributed by atoms with van der Waals surface area (Å²) >= 11 is 0. The Kier molecular flexibility index (Phi) is 36.1. The Morgan fingerprint density at radius 1 is 1.00 bits per heavy atom. The van der Waals surface area contributed by atoms with Gasteiger partial charge in [0.15, 0.2) is 0 Å². The van der Waals surface area contributed by atoms with Gasteiger partial charge < -0.3 is 5.11 Å². The fourth-order valence-electron chi connectivity index (χ4n) is 0.609. The van der Waals surface area contributed by atoms with E-state index < -0.39 is 0 Å². The second kappa shape index (κ2) is 23.0. The zero-order valence-corrected chi connectivity index (χ0v) is 9.00. The SMILES string of the molecule is CC([O-])=C1C=CC=C1.[C-]#[O+].[C-]#[O+].[C-]#[O+].[Mn]. The van der Waals surface area contributed by atoms with Crippen molar-refractivity contribution >= 4 is 0 Å². The van der Waals surface area contributed by atoms with Crippen molar-refractivity contribution in [1.82, 2.24) is 0 Å². The van der Waals surface area contributed by atoms with Crippen LogP contribution in [0.5, 0.6) is 0 Å². The van der Waals surface area contributed by atoms with Gasteiger partial charge in [0, 0.05) is 17.1 Å². The molecule has 1 aliphatic carbocycles. The van der Waals surface area contributed by atoms with Crippen LogP contribution in [0, 0.1) is 20.0 Å². The van der Waals surface area contributed by atoms with E-state index in [1.807, 2.05) is 24.3 Å². The molecule has 0 N–H and O–H groups in total. The van der Waals surface area contributed by atoms with E-state index in [-0.39, 0.29) is 22.8 Å². The Balaban J connectivity index is -0.0000000755. The van der Waals surface area contributed by atoms with Crippen molar-refractivity contribution in [2.24, 2.45) is 0 Å². The van der Waals surface area contributed by atoms with E-state index in [4.69, 9.17) is 14.0 Å². The Morgan fingerprint density at radius 3 is 1.40 bits per heavy atom. The summed E-state index contributed by atoms with van der Waals surface area (Å²) in [7, 11) is 0. The number of allylic oxidation sites excluding steroid dienone is 6. The first-order valence-electron chi connectivity index (χ1n) is 3.14. The van der Waals surface area contributed by atoms with Crippen LogP contribution >= 0.6 is 0 Å². The van der Waals surface area contributed by atoms with E-state index in [0.717, 1.165) is 5.57 Å². The average molecular weight is 246 g/mol. The summed E-state index contributed by atoms with van der Waals surface area (Å²) in [5, 5.41) is 10.5. The first kappa shape index (κ1) is 23.5. The Morgan fingerprint density at radius 2 is 1.27 bits per heavy atom. The molecule has 0 saturated carbocycles. The smallest absolute Gasteiger partial charge is 0 e. The van der Waals surface area contributed by atoms with Crippen LogP contribution in [0.25, 0.3) is 0 Å². The van der Waals surface area contributed by atoms with Crippen LogP contribution in [-0.2, 0) is 31.0 Å². The average Bonchev–Trinajstić information content (AvgIpc) is 2.80. The molecule has 1 aliphatic rings. The molecule has 0 aliphatic heterocycles. The third-order valence-electron chi connectivity index (χ3n) is 1.07. The number of hydrogen-bond acceptors (Lipinski definition) is 1. The monoisotopic (exact) mass is 246 g/mol. The molecule has 0 bridgehead atoms. The van der Waals surface area contributed by atoms with Gasteiger partial charge in [-0.15, -0.1) is 5.76 Å². The molecule has 0 atom stereocenters. The summed E-state index contributed by atoms with van der Waals surface area (Å²) < 4.78 is 22.5. The van der Waals surface area contributed by atoms with E-state index in [2.05, 4.69) is 20.0 Å². The van der Waals surface area contributed by atoms with Gasteiger partial charge in [0.25, 0.3) is 0 Å². The van der Waals surface area contributed by atoms with Gasteiger partial charge in [0.05, 0.1) is 0 Å². The van der Waals surface area contributed by atoms with Crippen LogP contribution in [-0.4, -0.2) is 0 Å². The molecule has 0 spiro atoms. The first-order valence-corrected chi connectivity index (χ1v) is 3.14. The second-order valence-corrected chi connectivity index (χ2v) is 1.73. The number of hydrogen-bond donors (Lipinski definition) is 0. The zero-order valence-electron chi connectivity index (χ0n) is 7.82. The molecule has 79 valence electrons. The molecule has 0 aromatic heterocycles. The molecule has 1 rings (SSSR count). The quantitative estimate of drug-likeness (QED) is 0.267. The largest absolute Gasteiger partial charge is 0 e. The third-order valence-corrected chi connectivity index (χ3v) is 1.07. The fourth-order valence-corrected chi connectivity index (χ4v) is 0.609. The first-order chi connectivity index (χ1) is 6.80. The van der Waals surface area contributed by atoms with E-state index in [9.17, 15) is 5.11 Å². The molecule has 0 aromatic carbocycles. The van der Waals surface area contributed by atoms with Crippen molar-refractivity contribution in [1.29, 1.82) is 0 Å². The van der Waals surface area contributed by atoms with E-state index in [1.165, 1.54) is 0 Å². The van der Waals surface area contributed by atoms with Gasteiger partial charge in [-0.3, -0.25) is 0 Å².